The van der Waals surface area contributed by atoms with E-state index in [1.165, 1.54) is 0 Å². The van der Waals surface area contributed by atoms with Crippen molar-refractivity contribution in [3.05, 3.63) is 58.6 Å². The summed E-state index contributed by atoms with van der Waals surface area (Å²) >= 11 is 6.30. The number of fused-ring (bicyclic) bond motifs is 2. The first-order valence-electron chi connectivity index (χ1n) is 10.9. The molecule has 4 rings (SSSR count). The van der Waals surface area contributed by atoms with E-state index in [1.807, 2.05) is 25.1 Å². The molecular weight excluding hydrogens is 412 g/mol. The lowest BCUT2D eigenvalue weighted by molar-refractivity contribution is 0.0973. The number of para-hydroxylation sites is 1. The van der Waals surface area contributed by atoms with Crippen molar-refractivity contribution in [1.29, 1.82) is 0 Å². The van der Waals surface area contributed by atoms with E-state index >= 15 is 0 Å². The highest BCUT2D eigenvalue weighted by molar-refractivity contribution is 6.31. The minimum absolute atomic E-state index is 0.0940. The fourth-order valence-electron chi connectivity index (χ4n) is 4.37. The highest BCUT2D eigenvalue weighted by Gasteiger charge is 2.32. The van der Waals surface area contributed by atoms with Gasteiger partial charge in [-0.05, 0) is 57.3 Å². The number of halogens is 1. The van der Waals surface area contributed by atoms with Gasteiger partial charge in [-0.15, -0.1) is 0 Å². The lowest BCUT2D eigenvalue weighted by Gasteiger charge is -2.34. The standard InChI is InChI=1S/C24H29ClN4O2/c1-3-28-21-8-5-4-7-19(21)24(31)29(12-6-11-27-15-13-26(2)14-16-27)22-17-18(25)9-10-20(22)23(28)30/h4-5,7-10,17H,3,6,11-16H2,1-2H3. The number of hydrogen-bond donors (Lipinski definition) is 0. The van der Waals surface area contributed by atoms with Gasteiger partial charge in [0.05, 0.1) is 22.5 Å². The van der Waals surface area contributed by atoms with E-state index in [0.717, 1.165) is 39.1 Å². The van der Waals surface area contributed by atoms with Crippen molar-refractivity contribution >= 4 is 34.8 Å². The van der Waals surface area contributed by atoms with Crippen LogP contribution in [0.5, 0.6) is 0 Å². The molecule has 0 N–H and O–H groups in total. The second-order valence-corrected chi connectivity index (χ2v) is 8.62. The van der Waals surface area contributed by atoms with Crippen molar-refractivity contribution < 1.29 is 9.59 Å². The van der Waals surface area contributed by atoms with Crippen LogP contribution in [0.25, 0.3) is 0 Å². The molecule has 2 aromatic carbocycles. The van der Waals surface area contributed by atoms with Crippen molar-refractivity contribution in [1.82, 2.24) is 9.80 Å². The molecule has 0 unspecified atom stereocenters. The summed E-state index contributed by atoms with van der Waals surface area (Å²) in [6.45, 7) is 8.07. The van der Waals surface area contributed by atoms with Gasteiger partial charge in [-0.2, -0.15) is 0 Å². The maximum Gasteiger partial charge on any atom is 0.260 e. The van der Waals surface area contributed by atoms with Crippen LogP contribution in [-0.4, -0.2) is 74.5 Å². The molecule has 0 spiro atoms. The molecule has 164 valence electrons. The van der Waals surface area contributed by atoms with Gasteiger partial charge in [0.25, 0.3) is 11.8 Å². The highest BCUT2D eigenvalue weighted by Crippen LogP contribution is 2.34. The number of rotatable bonds is 5. The molecule has 2 aliphatic rings. The number of carbonyl (C=O) groups excluding carboxylic acids is 2. The first-order valence-corrected chi connectivity index (χ1v) is 11.3. The third kappa shape index (κ3) is 4.47. The summed E-state index contributed by atoms with van der Waals surface area (Å²) in [6, 6.07) is 12.5. The van der Waals surface area contributed by atoms with E-state index in [9.17, 15) is 9.59 Å². The Morgan fingerprint density at radius 2 is 1.52 bits per heavy atom. The van der Waals surface area contributed by atoms with E-state index in [4.69, 9.17) is 11.6 Å². The van der Waals surface area contributed by atoms with Crippen LogP contribution >= 0.6 is 11.6 Å². The van der Waals surface area contributed by atoms with Crippen LogP contribution in [0.3, 0.4) is 0 Å². The monoisotopic (exact) mass is 440 g/mol. The van der Waals surface area contributed by atoms with Gasteiger partial charge in [0.1, 0.15) is 0 Å². The van der Waals surface area contributed by atoms with Crippen LogP contribution < -0.4 is 9.80 Å². The lowest BCUT2D eigenvalue weighted by atomic mass is 10.0. The summed E-state index contributed by atoms with van der Waals surface area (Å²) in [7, 11) is 2.14. The molecule has 0 atom stereocenters. The molecule has 2 amide bonds. The number of benzene rings is 2. The van der Waals surface area contributed by atoms with Gasteiger partial charge in [0, 0.05) is 44.3 Å². The van der Waals surface area contributed by atoms with Crippen LogP contribution in [0, 0.1) is 0 Å². The van der Waals surface area contributed by atoms with Crippen molar-refractivity contribution in [2.75, 3.05) is 62.7 Å². The smallest absolute Gasteiger partial charge is 0.260 e. The van der Waals surface area contributed by atoms with Crippen molar-refractivity contribution in [2.45, 2.75) is 13.3 Å². The zero-order chi connectivity index (χ0) is 22.0. The number of likely N-dealkylation sites (N-methyl/N-ethyl adjacent to an activating group) is 1. The molecule has 2 aromatic rings. The third-order valence-corrected chi connectivity index (χ3v) is 6.40. The summed E-state index contributed by atoms with van der Waals surface area (Å²) in [5, 5.41) is 0.514. The fourth-order valence-corrected chi connectivity index (χ4v) is 4.53. The van der Waals surface area contributed by atoms with E-state index in [1.54, 1.807) is 34.1 Å². The molecule has 7 heteroatoms. The summed E-state index contributed by atoms with van der Waals surface area (Å²) < 4.78 is 0. The first-order chi connectivity index (χ1) is 15.0. The van der Waals surface area contributed by atoms with Crippen LogP contribution in [0.2, 0.25) is 5.02 Å². The van der Waals surface area contributed by atoms with E-state index < -0.39 is 0 Å². The van der Waals surface area contributed by atoms with Crippen LogP contribution in [-0.2, 0) is 0 Å². The van der Waals surface area contributed by atoms with Crippen molar-refractivity contribution in [2.24, 2.45) is 0 Å². The average Bonchev–Trinajstić information content (AvgIpc) is 2.78. The molecule has 0 radical (unpaired) electrons. The Hall–Kier alpha value is -2.41. The molecule has 1 saturated heterocycles. The van der Waals surface area contributed by atoms with E-state index in [0.29, 0.717) is 40.6 Å². The molecule has 1 fully saturated rings. The molecule has 0 saturated carbocycles. The molecule has 0 bridgehead atoms. The number of carbonyl (C=O) groups is 2. The SMILES string of the molecule is CCN1C(=O)c2ccc(Cl)cc2N(CCCN2CCN(C)CC2)C(=O)c2ccccc21. The zero-order valence-corrected chi connectivity index (χ0v) is 18.9. The Balaban J connectivity index is 1.66. The van der Waals surface area contributed by atoms with Crippen LogP contribution in [0.4, 0.5) is 11.4 Å². The molecule has 0 aromatic heterocycles. The predicted molar refractivity (Wildman–Crippen MR) is 125 cm³/mol. The normalized spacial score (nSPS) is 17.9. The second-order valence-electron chi connectivity index (χ2n) is 8.18. The predicted octanol–water partition coefficient (Wildman–Crippen LogP) is 3.60. The molecule has 2 aliphatic heterocycles. The topological polar surface area (TPSA) is 47.1 Å². The summed E-state index contributed by atoms with van der Waals surface area (Å²) in [5.74, 6) is -0.207. The molecule has 0 aliphatic carbocycles. The summed E-state index contributed by atoms with van der Waals surface area (Å²) in [5.41, 5.74) is 2.30. The Morgan fingerprint density at radius 3 is 2.26 bits per heavy atom. The first kappa shape index (κ1) is 21.8. The largest absolute Gasteiger partial charge is 0.308 e. The number of piperazine rings is 1. The van der Waals surface area contributed by atoms with E-state index in [-0.39, 0.29) is 11.8 Å². The number of nitrogens with zero attached hydrogens (tertiary/aromatic N) is 4. The minimum atomic E-state index is -0.113. The summed E-state index contributed by atoms with van der Waals surface area (Å²) in [6.07, 6.45) is 0.829. The molecule has 2 heterocycles. The van der Waals surface area contributed by atoms with Gasteiger partial charge in [-0.1, -0.05) is 23.7 Å². The van der Waals surface area contributed by atoms with E-state index in [2.05, 4.69) is 16.8 Å². The Bertz CT molecular complexity index is 972. The number of amides is 2. The third-order valence-electron chi connectivity index (χ3n) is 6.16. The van der Waals surface area contributed by atoms with Gasteiger partial charge in [-0.25, -0.2) is 0 Å². The van der Waals surface area contributed by atoms with Gasteiger partial charge in [0.2, 0.25) is 0 Å². The van der Waals surface area contributed by atoms with Crippen molar-refractivity contribution in [3.63, 3.8) is 0 Å². The molecule has 6 nitrogen and oxygen atoms in total. The molecule has 31 heavy (non-hydrogen) atoms. The fraction of sp³-hybridized carbons (Fsp3) is 0.417. The average molecular weight is 441 g/mol. The minimum Gasteiger partial charge on any atom is -0.308 e. The van der Waals surface area contributed by atoms with Gasteiger partial charge < -0.3 is 19.6 Å². The Morgan fingerprint density at radius 1 is 0.839 bits per heavy atom. The zero-order valence-electron chi connectivity index (χ0n) is 18.2. The maximum absolute atomic E-state index is 13.7. The maximum atomic E-state index is 13.7. The lowest BCUT2D eigenvalue weighted by Crippen LogP contribution is -2.45. The quantitative estimate of drug-likeness (QED) is 0.712. The van der Waals surface area contributed by atoms with Crippen molar-refractivity contribution in [3.8, 4) is 0 Å². The number of hydrogen-bond acceptors (Lipinski definition) is 4. The second kappa shape index (κ2) is 9.39. The van der Waals surface area contributed by atoms with Gasteiger partial charge in [-0.3, -0.25) is 9.59 Å². The number of anilines is 2. The molecular formula is C24H29ClN4O2. The highest BCUT2D eigenvalue weighted by atomic mass is 35.5. The summed E-state index contributed by atoms with van der Waals surface area (Å²) in [4.78, 5) is 35.3. The Labute approximate surface area is 189 Å². The van der Waals surface area contributed by atoms with Gasteiger partial charge in [0.15, 0.2) is 0 Å². The van der Waals surface area contributed by atoms with Crippen LogP contribution in [0.15, 0.2) is 42.5 Å². The van der Waals surface area contributed by atoms with Crippen LogP contribution in [0.1, 0.15) is 34.1 Å². The Kier molecular flexibility index (Phi) is 6.60. The van der Waals surface area contributed by atoms with Gasteiger partial charge >= 0.3 is 0 Å².